The molecular formula is C15H21N3O5S. The Kier molecular flexibility index (Phi) is 5.55. The number of rotatable bonds is 6. The first-order valence-electron chi connectivity index (χ1n) is 7.59. The van der Waals surface area contributed by atoms with Crippen molar-refractivity contribution in [3.8, 4) is 0 Å². The molecule has 24 heavy (non-hydrogen) atoms. The lowest BCUT2D eigenvalue weighted by Gasteiger charge is -2.19. The molecule has 1 fully saturated rings. The van der Waals surface area contributed by atoms with Crippen LogP contribution in [0.4, 0.5) is 5.69 Å². The molecule has 0 radical (unpaired) electrons. The van der Waals surface area contributed by atoms with Gasteiger partial charge in [-0.05, 0) is 26.0 Å². The molecule has 1 heterocycles. The third-order valence-corrected chi connectivity index (χ3v) is 5.83. The van der Waals surface area contributed by atoms with Crippen molar-refractivity contribution >= 4 is 21.4 Å². The third kappa shape index (κ3) is 4.75. The summed E-state index contributed by atoms with van der Waals surface area (Å²) in [5.74, 6) is -0.143. The van der Waals surface area contributed by atoms with Gasteiger partial charge < -0.3 is 5.32 Å². The molecule has 1 amide bonds. The topological polar surface area (TPSA) is 110 Å². The number of sulfone groups is 1. The molecular weight excluding hydrogens is 334 g/mol. The van der Waals surface area contributed by atoms with Gasteiger partial charge in [0, 0.05) is 24.2 Å². The zero-order valence-electron chi connectivity index (χ0n) is 13.7. The minimum absolute atomic E-state index is 0.00750. The van der Waals surface area contributed by atoms with Crippen molar-refractivity contribution < 1.29 is 18.1 Å². The van der Waals surface area contributed by atoms with Gasteiger partial charge in [-0.15, -0.1) is 0 Å². The van der Waals surface area contributed by atoms with Gasteiger partial charge in [-0.2, -0.15) is 0 Å². The van der Waals surface area contributed by atoms with Crippen LogP contribution in [0.3, 0.4) is 0 Å². The Morgan fingerprint density at radius 2 is 2.17 bits per heavy atom. The molecule has 8 nitrogen and oxygen atoms in total. The quantitative estimate of drug-likeness (QED) is 0.592. The highest BCUT2D eigenvalue weighted by Crippen LogP contribution is 2.21. The molecule has 0 bridgehead atoms. The van der Waals surface area contributed by atoms with E-state index >= 15 is 0 Å². The first kappa shape index (κ1) is 18.3. The van der Waals surface area contributed by atoms with Crippen LogP contribution in [0.2, 0.25) is 0 Å². The van der Waals surface area contributed by atoms with Gasteiger partial charge in [0.1, 0.15) is 0 Å². The Hall–Kier alpha value is -2.00. The number of benzene rings is 1. The molecule has 1 aliphatic rings. The van der Waals surface area contributed by atoms with E-state index in [0.29, 0.717) is 18.5 Å². The van der Waals surface area contributed by atoms with Crippen molar-refractivity contribution in [2.75, 3.05) is 25.1 Å². The minimum Gasteiger partial charge on any atom is -0.351 e. The maximum Gasteiger partial charge on any atom is 0.272 e. The van der Waals surface area contributed by atoms with E-state index in [1.807, 2.05) is 0 Å². The number of nitrogens with one attached hydrogen (secondary N) is 1. The van der Waals surface area contributed by atoms with Crippen molar-refractivity contribution in [1.82, 2.24) is 10.2 Å². The van der Waals surface area contributed by atoms with E-state index < -0.39 is 14.8 Å². The van der Waals surface area contributed by atoms with Gasteiger partial charge >= 0.3 is 0 Å². The van der Waals surface area contributed by atoms with E-state index in [0.717, 1.165) is 5.56 Å². The summed E-state index contributed by atoms with van der Waals surface area (Å²) < 4.78 is 22.8. The summed E-state index contributed by atoms with van der Waals surface area (Å²) in [7, 11) is -1.29. The molecule has 0 aromatic heterocycles. The minimum atomic E-state index is -3.03. The number of nitro benzene ring substituents is 1. The zero-order chi connectivity index (χ0) is 17.9. The Labute approximate surface area is 140 Å². The fourth-order valence-electron chi connectivity index (χ4n) is 2.81. The lowest BCUT2D eigenvalue weighted by Crippen LogP contribution is -2.41. The number of likely N-dealkylation sites (N-methyl/N-ethyl adjacent to an activating group) is 1. The number of hydrogen-bond donors (Lipinski definition) is 1. The second kappa shape index (κ2) is 7.27. The molecule has 0 saturated carbocycles. The fourth-order valence-corrected chi connectivity index (χ4v) is 4.49. The summed E-state index contributed by atoms with van der Waals surface area (Å²) in [5, 5.41) is 13.7. The lowest BCUT2D eigenvalue weighted by molar-refractivity contribution is -0.385. The van der Waals surface area contributed by atoms with Crippen molar-refractivity contribution in [2.45, 2.75) is 25.9 Å². The van der Waals surface area contributed by atoms with Crippen molar-refractivity contribution in [1.29, 1.82) is 0 Å². The predicted octanol–water partition coefficient (Wildman–Crippen LogP) is 0.638. The maximum absolute atomic E-state index is 12.0. The number of carbonyl (C=O) groups is 1. The summed E-state index contributed by atoms with van der Waals surface area (Å²) in [6.45, 7) is 2.17. The number of nitro groups is 1. The van der Waals surface area contributed by atoms with Crippen molar-refractivity contribution in [3.63, 3.8) is 0 Å². The van der Waals surface area contributed by atoms with Crippen molar-refractivity contribution in [2.24, 2.45) is 0 Å². The van der Waals surface area contributed by atoms with Crippen LogP contribution in [0.5, 0.6) is 0 Å². The Bertz CT molecular complexity index is 747. The molecule has 1 saturated heterocycles. The highest BCUT2D eigenvalue weighted by molar-refractivity contribution is 7.91. The number of amides is 1. The average Bonchev–Trinajstić information content (AvgIpc) is 2.79. The predicted molar refractivity (Wildman–Crippen MR) is 89.4 cm³/mol. The molecule has 1 unspecified atom stereocenters. The highest BCUT2D eigenvalue weighted by atomic mass is 32.2. The second-order valence-corrected chi connectivity index (χ2v) is 8.39. The number of hydrogen-bond acceptors (Lipinski definition) is 6. The summed E-state index contributed by atoms with van der Waals surface area (Å²) in [4.78, 5) is 24.3. The molecule has 1 aromatic carbocycles. The van der Waals surface area contributed by atoms with Crippen LogP contribution >= 0.6 is 0 Å². The lowest BCUT2D eigenvalue weighted by atomic mass is 10.1. The normalized spacial score (nSPS) is 19.4. The molecule has 1 aromatic rings. The van der Waals surface area contributed by atoms with Gasteiger partial charge in [-0.25, -0.2) is 8.42 Å². The standard InChI is InChI=1S/C15H21N3O5S/c1-11-12(4-3-5-14(11)18(20)21)8-17(2)9-15(19)16-13-6-7-24(22,23)10-13/h3-5,13H,6-10H2,1-2H3,(H,16,19). The molecule has 1 atom stereocenters. The van der Waals surface area contributed by atoms with Crippen LogP contribution < -0.4 is 5.32 Å². The highest BCUT2D eigenvalue weighted by Gasteiger charge is 2.29. The molecule has 9 heteroatoms. The van der Waals surface area contributed by atoms with E-state index in [4.69, 9.17) is 0 Å². The molecule has 132 valence electrons. The van der Waals surface area contributed by atoms with Gasteiger partial charge in [-0.1, -0.05) is 12.1 Å². The van der Waals surface area contributed by atoms with E-state index in [9.17, 15) is 23.3 Å². The maximum atomic E-state index is 12.0. The zero-order valence-corrected chi connectivity index (χ0v) is 14.5. The number of nitrogens with zero attached hydrogens (tertiary/aromatic N) is 2. The fraction of sp³-hybridized carbons (Fsp3) is 0.533. The van der Waals surface area contributed by atoms with Gasteiger partial charge in [0.15, 0.2) is 9.84 Å². The van der Waals surface area contributed by atoms with E-state index in [1.165, 1.54) is 6.07 Å². The average molecular weight is 355 g/mol. The first-order chi connectivity index (χ1) is 11.2. The van der Waals surface area contributed by atoms with Gasteiger partial charge in [-0.3, -0.25) is 19.8 Å². The largest absolute Gasteiger partial charge is 0.351 e. The molecule has 0 aliphatic carbocycles. The van der Waals surface area contributed by atoms with Crippen LogP contribution in [-0.4, -0.2) is 55.3 Å². The monoisotopic (exact) mass is 355 g/mol. The van der Waals surface area contributed by atoms with Crippen LogP contribution in [0.1, 0.15) is 17.5 Å². The SMILES string of the molecule is Cc1c(CN(C)CC(=O)NC2CCS(=O)(=O)C2)cccc1[N+](=O)[O-]. The van der Waals surface area contributed by atoms with Crippen LogP contribution in [0, 0.1) is 17.0 Å². The smallest absolute Gasteiger partial charge is 0.272 e. The van der Waals surface area contributed by atoms with E-state index in [-0.39, 0.29) is 35.7 Å². The van der Waals surface area contributed by atoms with Crippen LogP contribution in [-0.2, 0) is 21.2 Å². The van der Waals surface area contributed by atoms with Crippen LogP contribution in [0.25, 0.3) is 0 Å². The summed E-state index contributed by atoms with van der Waals surface area (Å²) >= 11 is 0. The Morgan fingerprint density at radius 3 is 2.75 bits per heavy atom. The Morgan fingerprint density at radius 1 is 1.46 bits per heavy atom. The second-order valence-electron chi connectivity index (χ2n) is 6.16. The van der Waals surface area contributed by atoms with E-state index in [2.05, 4.69) is 5.32 Å². The van der Waals surface area contributed by atoms with Gasteiger partial charge in [0.25, 0.3) is 5.69 Å². The molecule has 1 aliphatic heterocycles. The first-order valence-corrected chi connectivity index (χ1v) is 9.41. The van der Waals surface area contributed by atoms with Crippen molar-refractivity contribution in [3.05, 3.63) is 39.4 Å². The molecule has 0 spiro atoms. The third-order valence-electron chi connectivity index (χ3n) is 4.07. The molecule has 2 rings (SSSR count). The summed E-state index contributed by atoms with van der Waals surface area (Å²) in [5.41, 5.74) is 1.42. The van der Waals surface area contributed by atoms with Gasteiger partial charge in [0.05, 0.1) is 23.0 Å². The summed E-state index contributed by atoms with van der Waals surface area (Å²) in [6, 6.07) is 4.54. The Balaban J connectivity index is 1.91. The van der Waals surface area contributed by atoms with Crippen LogP contribution in [0.15, 0.2) is 18.2 Å². The molecule has 1 N–H and O–H groups in total. The van der Waals surface area contributed by atoms with Gasteiger partial charge in [0.2, 0.25) is 5.91 Å². The van der Waals surface area contributed by atoms with E-state index in [1.54, 1.807) is 31.0 Å². The summed E-state index contributed by atoms with van der Waals surface area (Å²) in [6.07, 6.45) is 0.446. The number of carbonyl (C=O) groups excluding carboxylic acids is 1.